The molecule has 2 aromatic carbocycles. The lowest BCUT2D eigenvalue weighted by atomic mass is 10.1. The lowest BCUT2D eigenvalue weighted by Gasteiger charge is -2.10. The van der Waals surface area contributed by atoms with Crippen molar-refractivity contribution in [3.8, 4) is 5.75 Å². The molecule has 0 saturated carbocycles. The van der Waals surface area contributed by atoms with Crippen molar-refractivity contribution in [1.82, 2.24) is 10.9 Å². The molecule has 0 radical (unpaired) electrons. The molecule has 0 atom stereocenters. The van der Waals surface area contributed by atoms with E-state index in [0.29, 0.717) is 30.2 Å². The Labute approximate surface area is 175 Å². The SMILES string of the molecule is COCCOc1ccc(C(=O)NNC(=O)CCC(=O)Nc2ccc(C)cc2C)cc1. The summed E-state index contributed by atoms with van der Waals surface area (Å²) in [5, 5.41) is 2.78. The molecular formula is C22H27N3O5. The second-order valence-corrected chi connectivity index (χ2v) is 6.73. The highest BCUT2D eigenvalue weighted by Crippen LogP contribution is 2.16. The Hall–Kier alpha value is -3.39. The van der Waals surface area contributed by atoms with Crippen molar-refractivity contribution in [3.63, 3.8) is 0 Å². The first kappa shape index (κ1) is 22.9. The first-order valence-corrected chi connectivity index (χ1v) is 9.57. The van der Waals surface area contributed by atoms with Crippen LogP contribution in [0.4, 0.5) is 5.69 Å². The van der Waals surface area contributed by atoms with Gasteiger partial charge in [-0.1, -0.05) is 17.7 Å². The van der Waals surface area contributed by atoms with Gasteiger partial charge < -0.3 is 14.8 Å². The summed E-state index contributed by atoms with van der Waals surface area (Å²) in [7, 11) is 1.59. The van der Waals surface area contributed by atoms with Crippen LogP contribution in [0.2, 0.25) is 0 Å². The maximum Gasteiger partial charge on any atom is 0.269 e. The van der Waals surface area contributed by atoms with Gasteiger partial charge >= 0.3 is 0 Å². The van der Waals surface area contributed by atoms with Crippen molar-refractivity contribution in [2.75, 3.05) is 25.6 Å². The minimum atomic E-state index is -0.466. The summed E-state index contributed by atoms with van der Waals surface area (Å²) in [6, 6.07) is 12.2. The van der Waals surface area contributed by atoms with Crippen LogP contribution in [0.3, 0.4) is 0 Å². The summed E-state index contributed by atoms with van der Waals surface area (Å²) >= 11 is 0. The van der Waals surface area contributed by atoms with E-state index < -0.39 is 11.8 Å². The van der Waals surface area contributed by atoms with Gasteiger partial charge in [-0.05, 0) is 49.7 Å². The molecular weight excluding hydrogens is 386 g/mol. The Morgan fingerprint density at radius 3 is 2.23 bits per heavy atom. The quantitative estimate of drug-likeness (QED) is 0.433. The number of carbonyl (C=O) groups excluding carboxylic acids is 3. The fourth-order valence-corrected chi connectivity index (χ4v) is 2.60. The van der Waals surface area contributed by atoms with Gasteiger partial charge in [-0.3, -0.25) is 25.2 Å². The standard InChI is InChI=1S/C22H27N3O5/c1-15-4-9-19(16(2)14-15)23-20(26)10-11-21(27)24-25-22(28)17-5-7-18(8-6-17)30-13-12-29-3/h4-9,14H,10-13H2,1-3H3,(H,23,26)(H,24,27)(H,25,28). The number of amides is 3. The van der Waals surface area contributed by atoms with Gasteiger partial charge in [0.2, 0.25) is 11.8 Å². The molecule has 0 unspecified atom stereocenters. The second kappa shape index (κ2) is 11.6. The van der Waals surface area contributed by atoms with Gasteiger partial charge in [0.1, 0.15) is 12.4 Å². The van der Waals surface area contributed by atoms with Crippen LogP contribution in [-0.2, 0) is 14.3 Å². The number of carbonyl (C=O) groups is 3. The maximum absolute atomic E-state index is 12.1. The number of anilines is 1. The predicted octanol–water partition coefficient (Wildman–Crippen LogP) is 2.51. The minimum absolute atomic E-state index is 0.00251. The third-order valence-electron chi connectivity index (χ3n) is 4.22. The largest absolute Gasteiger partial charge is 0.491 e. The number of benzene rings is 2. The van der Waals surface area contributed by atoms with Gasteiger partial charge in [-0.2, -0.15) is 0 Å². The van der Waals surface area contributed by atoms with Crippen LogP contribution in [0.5, 0.6) is 5.75 Å². The lowest BCUT2D eigenvalue weighted by molar-refractivity contribution is -0.124. The normalized spacial score (nSPS) is 10.2. The van der Waals surface area contributed by atoms with E-state index in [1.807, 2.05) is 32.0 Å². The summed E-state index contributed by atoms with van der Waals surface area (Å²) in [5.41, 5.74) is 7.78. The van der Waals surface area contributed by atoms with Crippen molar-refractivity contribution in [3.05, 3.63) is 59.2 Å². The number of methoxy groups -OCH3 is 1. The number of rotatable bonds is 9. The third-order valence-corrected chi connectivity index (χ3v) is 4.22. The Balaban J connectivity index is 1.72. The molecule has 0 spiro atoms. The van der Waals surface area contributed by atoms with E-state index in [-0.39, 0.29) is 18.7 Å². The highest BCUT2D eigenvalue weighted by Gasteiger charge is 2.11. The number of aryl methyl sites for hydroxylation is 2. The van der Waals surface area contributed by atoms with Gasteiger partial charge in [0, 0.05) is 31.2 Å². The van der Waals surface area contributed by atoms with Crippen LogP contribution in [0.25, 0.3) is 0 Å². The summed E-state index contributed by atoms with van der Waals surface area (Å²) in [6.45, 7) is 4.76. The van der Waals surface area contributed by atoms with E-state index in [2.05, 4.69) is 16.2 Å². The highest BCUT2D eigenvalue weighted by atomic mass is 16.5. The summed E-state index contributed by atoms with van der Waals surface area (Å²) in [5.74, 6) is -0.583. The van der Waals surface area contributed by atoms with E-state index in [0.717, 1.165) is 11.1 Å². The number of hydrogen-bond donors (Lipinski definition) is 3. The van der Waals surface area contributed by atoms with Crippen molar-refractivity contribution in [1.29, 1.82) is 0 Å². The summed E-state index contributed by atoms with van der Waals surface area (Å²) in [4.78, 5) is 36.1. The van der Waals surface area contributed by atoms with Gasteiger partial charge in [0.05, 0.1) is 6.61 Å². The molecule has 0 aliphatic heterocycles. The number of ether oxygens (including phenoxy) is 2. The van der Waals surface area contributed by atoms with Gasteiger partial charge in [0.25, 0.3) is 5.91 Å². The molecule has 3 N–H and O–H groups in total. The molecule has 8 nitrogen and oxygen atoms in total. The zero-order chi connectivity index (χ0) is 21.9. The molecule has 0 aliphatic carbocycles. The number of hydrogen-bond acceptors (Lipinski definition) is 5. The Morgan fingerprint density at radius 2 is 1.57 bits per heavy atom. The molecule has 0 bridgehead atoms. The lowest BCUT2D eigenvalue weighted by Crippen LogP contribution is -2.41. The van der Waals surface area contributed by atoms with Crippen molar-refractivity contribution < 1.29 is 23.9 Å². The van der Waals surface area contributed by atoms with Crippen molar-refractivity contribution >= 4 is 23.4 Å². The molecule has 8 heteroatoms. The number of hydrazine groups is 1. The monoisotopic (exact) mass is 413 g/mol. The fourth-order valence-electron chi connectivity index (χ4n) is 2.60. The zero-order valence-electron chi connectivity index (χ0n) is 17.4. The highest BCUT2D eigenvalue weighted by molar-refractivity contribution is 5.96. The average Bonchev–Trinajstić information content (AvgIpc) is 2.73. The van der Waals surface area contributed by atoms with Crippen molar-refractivity contribution in [2.45, 2.75) is 26.7 Å². The Bertz CT molecular complexity index is 881. The van der Waals surface area contributed by atoms with Crippen LogP contribution in [0, 0.1) is 13.8 Å². The van der Waals surface area contributed by atoms with Gasteiger partial charge in [0.15, 0.2) is 0 Å². The average molecular weight is 413 g/mol. The smallest absolute Gasteiger partial charge is 0.269 e. The molecule has 30 heavy (non-hydrogen) atoms. The molecule has 0 fully saturated rings. The van der Waals surface area contributed by atoms with E-state index in [4.69, 9.17) is 9.47 Å². The van der Waals surface area contributed by atoms with E-state index in [1.54, 1.807) is 31.4 Å². The van der Waals surface area contributed by atoms with Gasteiger partial charge in [-0.15, -0.1) is 0 Å². The zero-order valence-corrected chi connectivity index (χ0v) is 17.4. The molecule has 3 amide bonds. The Kier molecular flexibility index (Phi) is 8.83. The number of nitrogens with one attached hydrogen (secondary N) is 3. The third kappa shape index (κ3) is 7.56. The Morgan fingerprint density at radius 1 is 0.867 bits per heavy atom. The molecule has 160 valence electrons. The molecule has 0 aromatic heterocycles. The first-order chi connectivity index (χ1) is 14.4. The molecule has 0 saturated heterocycles. The minimum Gasteiger partial charge on any atom is -0.491 e. The van der Waals surface area contributed by atoms with Gasteiger partial charge in [-0.25, -0.2) is 0 Å². The molecule has 2 aromatic rings. The summed E-state index contributed by atoms with van der Waals surface area (Å²) in [6.07, 6.45) is -0.0498. The van der Waals surface area contributed by atoms with Crippen LogP contribution in [0.1, 0.15) is 34.3 Å². The van der Waals surface area contributed by atoms with Crippen LogP contribution in [-0.4, -0.2) is 38.0 Å². The first-order valence-electron chi connectivity index (χ1n) is 9.57. The van der Waals surface area contributed by atoms with Crippen LogP contribution >= 0.6 is 0 Å². The topological polar surface area (TPSA) is 106 Å². The van der Waals surface area contributed by atoms with Crippen molar-refractivity contribution in [2.24, 2.45) is 0 Å². The summed E-state index contributed by atoms with van der Waals surface area (Å²) < 4.78 is 10.3. The molecule has 2 rings (SSSR count). The van der Waals surface area contributed by atoms with Crippen LogP contribution < -0.4 is 20.9 Å². The predicted molar refractivity (Wildman–Crippen MR) is 113 cm³/mol. The van der Waals surface area contributed by atoms with E-state index in [9.17, 15) is 14.4 Å². The van der Waals surface area contributed by atoms with E-state index in [1.165, 1.54) is 0 Å². The molecule has 0 heterocycles. The molecule has 0 aliphatic rings. The second-order valence-electron chi connectivity index (χ2n) is 6.73. The maximum atomic E-state index is 12.1. The fraction of sp³-hybridized carbons (Fsp3) is 0.318. The van der Waals surface area contributed by atoms with E-state index >= 15 is 0 Å². The van der Waals surface area contributed by atoms with Crippen LogP contribution in [0.15, 0.2) is 42.5 Å².